The van der Waals surface area contributed by atoms with E-state index in [1.165, 1.54) is 32.4 Å². The second kappa shape index (κ2) is 2.71. The number of piperidine rings is 1. The molecule has 0 aromatic carbocycles. The van der Waals surface area contributed by atoms with E-state index in [0.717, 1.165) is 11.3 Å². The molecule has 1 atom stereocenters. The van der Waals surface area contributed by atoms with Gasteiger partial charge in [-0.15, -0.1) is 12.4 Å². The van der Waals surface area contributed by atoms with Crippen LogP contribution in [0.15, 0.2) is 0 Å². The molecule has 2 fully saturated rings. The van der Waals surface area contributed by atoms with E-state index in [9.17, 15) is 0 Å². The fraction of sp³-hybridized carbons (Fsp3) is 1.00. The summed E-state index contributed by atoms with van der Waals surface area (Å²) in [5.41, 5.74) is 0.789. The topological polar surface area (TPSA) is 12.0 Å². The molecular formula is C8H16ClN. The Hall–Kier alpha value is 0.250. The van der Waals surface area contributed by atoms with Crippen molar-refractivity contribution in [1.82, 2.24) is 5.32 Å². The van der Waals surface area contributed by atoms with Crippen molar-refractivity contribution in [2.45, 2.75) is 26.2 Å². The Morgan fingerprint density at radius 1 is 1.40 bits per heavy atom. The van der Waals surface area contributed by atoms with Crippen molar-refractivity contribution >= 4 is 12.4 Å². The number of rotatable bonds is 0. The van der Waals surface area contributed by atoms with Crippen LogP contribution in [0.25, 0.3) is 0 Å². The van der Waals surface area contributed by atoms with E-state index in [-0.39, 0.29) is 12.4 Å². The van der Waals surface area contributed by atoms with Gasteiger partial charge in [-0.25, -0.2) is 0 Å². The maximum Gasteiger partial charge on any atom is 0.000804 e. The first-order valence-electron chi connectivity index (χ1n) is 4.02. The third-order valence-electron chi connectivity index (χ3n) is 2.73. The third-order valence-corrected chi connectivity index (χ3v) is 2.73. The highest BCUT2D eigenvalue weighted by molar-refractivity contribution is 5.85. The smallest absolute Gasteiger partial charge is 0.000804 e. The normalized spacial score (nSPS) is 35.1. The second-order valence-electron chi connectivity index (χ2n) is 3.94. The van der Waals surface area contributed by atoms with Crippen molar-refractivity contribution in [3.8, 4) is 0 Å². The number of hydrogen-bond donors (Lipinski definition) is 1. The number of halogens is 1. The van der Waals surface area contributed by atoms with Crippen LogP contribution in [0.3, 0.4) is 0 Å². The van der Waals surface area contributed by atoms with Crippen LogP contribution < -0.4 is 5.32 Å². The molecule has 2 rings (SSSR count). The van der Waals surface area contributed by atoms with Gasteiger partial charge in [-0.05, 0) is 37.1 Å². The summed E-state index contributed by atoms with van der Waals surface area (Å²) in [5.74, 6) is 0.932. The fourth-order valence-corrected chi connectivity index (χ4v) is 2.02. The van der Waals surface area contributed by atoms with E-state index >= 15 is 0 Å². The van der Waals surface area contributed by atoms with Crippen molar-refractivity contribution in [2.24, 2.45) is 11.3 Å². The van der Waals surface area contributed by atoms with Gasteiger partial charge in [0.1, 0.15) is 0 Å². The van der Waals surface area contributed by atoms with Crippen LogP contribution in [-0.2, 0) is 0 Å². The van der Waals surface area contributed by atoms with Crippen LogP contribution in [0.1, 0.15) is 26.2 Å². The van der Waals surface area contributed by atoms with Crippen molar-refractivity contribution in [3.05, 3.63) is 0 Å². The zero-order chi connectivity index (χ0) is 6.32. The average Bonchev–Trinajstić information content (AvgIpc) is 2.49. The van der Waals surface area contributed by atoms with E-state index in [4.69, 9.17) is 0 Å². The highest BCUT2D eigenvalue weighted by Crippen LogP contribution is 2.51. The summed E-state index contributed by atoms with van der Waals surface area (Å²) in [6.45, 7) is 4.91. The van der Waals surface area contributed by atoms with E-state index < -0.39 is 0 Å². The minimum absolute atomic E-state index is 0. The Labute approximate surface area is 69.0 Å². The third kappa shape index (κ3) is 1.46. The molecule has 1 N–H and O–H groups in total. The summed E-state index contributed by atoms with van der Waals surface area (Å²) in [6.07, 6.45) is 4.47. The Morgan fingerprint density at radius 3 is 2.50 bits per heavy atom. The lowest BCUT2D eigenvalue weighted by atomic mass is 9.89. The monoisotopic (exact) mass is 161 g/mol. The van der Waals surface area contributed by atoms with Crippen LogP contribution in [0.4, 0.5) is 0 Å². The fourth-order valence-electron chi connectivity index (χ4n) is 2.02. The largest absolute Gasteiger partial charge is 0.316 e. The van der Waals surface area contributed by atoms with Crippen molar-refractivity contribution in [2.75, 3.05) is 13.1 Å². The second-order valence-corrected chi connectivity index (χ2v) is 3.94. The predicted octanol–water partition coefficient (Wildman–Crippen LogP) is 1.82. The van der Waals surface area contributed by atoms with Crippen molar-refractivity contribution < 1.29 is 0 Å². The molecule has 1 saturated carbocycles. The number of hydrogen-bond acceptors (Lipinski definition) is 1. The molecule has 1 nitrogen and oxygen atoms in total. The zero-order valence-electron chi connectivity index (χ0n) is 6.52. The SMILES string of the molecule is CC1CNCC2(CC2)C1.Cl. The molecule has 0 aromatic rings. The van der Waals surface area contributed by atoms with Crippen LogP contribution in [0, 0.1) is 11.3 Å². The maximum absolute atomic E-state index is 3.49. The highest BCUT2D eigenvalue weighted by atomic mass is 35.5. The molecule has 0 bridgehead atoms. The minimum atomic E-state index is 0. The van der Waals surface area contributed by atoms with E-state index in [0.29, 0.717) is 0 Å². The molecule has 1 spiro atoms. The summed E-state index contributed by atoms with van der Waals surface area (Å²) in [7, 11) is 0. The van der Waals surface area contributed by atoms with Gasteiger partial charge < -0.3 is 5.32 Å². The molecule has 1 aliphatic heterocycles. The molecule has 1 unspecified atom stereocenters. The molecule has 2 heteroatoms. The molecule has 2 aliphatic rings. The van der Waals surface area contributed by atoms with Crippen LogP contribution in [-0.4, -0.2) is 13.1 Å². The summed E-state index contributed by atoms with van der Waals surface area (Å²) < 4.78 is 0. The molecule has 1 aliphatic carbocycles. The predicted molar refractivity (Wildman–Crippen MR) is 45.6 cm³/mol. The lowest BCUT2D eigenvalue weighted by Gasteiger charge is -2.27. The van der Waals surface area contributed by atoms with Crippen molar-refractivity contribution in [3.63, 3.8) is 0 Å². The van der Waals surface area contributed by atoms with Gasteiger partial charge in [0.2, 0.25) is 0 Å². The molecule has 1 heterocycles. The molecule has 10 heavy (non-hydrogen) atoms. The summed E-state index contributed by atoms with van der Waals surface area (Å²) >= 11 is 0. The van der Waals surface area contributed by atoms with Gasteiger partial charge in [-0.3, -0.25) is 0 Å². The quantitative estimate of drug-likeness (QED) is 0.572. The van der Waals surface area contributed by atoms with E-state index in [1.807, 2.05) is 0 Å². The Morgan fingerprint density at radius 2 is 2.10 bits per heavy atom. The van der Waals surface area contributed by atoms with Crippen LogP contribution >= 0.6 is 12.4 Å². The summed E-state index contributed by atoms with van der Waals surface area (Å²) in [6, 6.07) is 0. The first-order valence-corrected chi connectivity index (χ1v) is 4.02. The molecular weight excluding hydrogens is 146 g/mol. The molecule has 1 saturated heterocycles. The van der Waals surface area contributed by atoms with Crippen LogP contribution in [0.2, 0.25) is 0 Å². The summed E-state index contributed by atoms with van der Waals surface area (Å²) in [4.78, 5) is 0. The van der Waals surface area contributed by atoms with Gasteiger partial charge in [0.25, 0.3) is 0 Å². The molecule has 0 amide bonds. The van der Waals surface area contributed by atoms with Gasteiger partial charge in [0.05, 0.1) is 0 Å². The maximum atomic E-state index is 3.49. The van der Waals surface area contributed by atoms with E-state index in [2.05, 4.69) is 12.2 Å². The van der Waals surface area contributed by atoms with Gasteiger partial charge in [0, 0.05) is 6.54 Å². The van der Waals surface area contributed by atoms with Crippen molar-refractivity contribution in [1.29, 1.82) is 0 Å². The molecule has 60 valence electrons. The Balaban J connectivity index is 0.000000500. The van der Waals surface area contributed by atoms with Crippen LogP contribution in [0.5, 0.6) is 0 Å². The van der Waals surface area contributed by atoms with Gasteiger partial charge in [-0.2, -0.15) is 0 Å². The highest BCUT2D eigenvalue weighted by Gasteiger charge is 2.44. The molecule has 0 radical (unpaired) electrons. The first kappa shape index (κ1) is 8.35. The lowest BCUT2D eigenvalue weighted by Crippen LogP contribution is -2.36. The Bertz CT molecular complexity index is 120. The average molecular weight is 162 g/mol. The van der Waals surface area contributed by atoms with E-state index in [1.54, 1.807) is 0 Å². The van der Waals surface area contributed by atoms with Gasteiger partial charge in [0.15, 0.2) is 0 Å². The van der Waals surface area contributed by atoms with Gasteiger partial charge in [-0.1, -0.05) is 6.92 Å². The zero-order valence-corrected chi connectivity index (χ0v) is 7.34. The summed E-state index contributed by atoms with van der Waals surface area (Å²) in [5, 5.41) is 3.49. The standard InChI is InChI=1S/C8H15N.ClH/c1-7-4-8(2-3-8)6-9-5-7;/h7,9H,2-6H2,1H3;1H. The minimum Gasteiger partial charge on any atom is -0.316 e. The number of nitrogens with one attached hydrogen (secondary N) is 1. The lowest BCUT2D eigenvalue weighted by molar-refractivity contribution is 0.284. The molecule has 0 aromatic heterocycles. The first-order chi connectivity index (χ1) is 4.31. The van der Waals surface area contributed by atoms with Gasteiger partial charge >= 0.3 is 0 Å². The Kier molecular flexibility index (Phi) is 2.26.